The van der Waals surface area contributed by atoms with E-state index in [-0.39, 0.29) is 11.6 Å². The van der Waals surface area contributed by atoms with Gasteiger partial charge in [0.1, 0.15) is 17.8 Å². The molecule has 6 nitrogen and oxygen atoms in total. The summed E-state index contributed by atoms with van der Waals surface area (Å²) in [6.45, 7) is 0. The first-order valence-corrected chi connectivity index (χ1v) is 7.98. The fraction of sp³-hybridized carbons (Fsp3) is 0.158. The third kappa shape index (κ3) is 4.08. The minimum absolute atomic E-state index is 0.0283. The molecule has 9 heteroatoms. The molecule has 3 rings (SSSR count). The van der Waals surface area contributed by atoms with Gasteiger partial charge in [-0.15, -0.1) is 0 Å². The SMILES string of the molecule is COc1ccc(NC(=O)c2coc(-c3ccc(C(F)(F)F)cc3)n2)c(OC)c1. The number of nitrogens with zero attached hydrogens (tertiary/aromatic N) is 1. The molecule has 1 N–H and O–H groups in total. The number of ether oxygens (including phenoxy) is 2. The lowest BCUT2D eigenvalue weighted by atomic mass is 10.1. The van der Waals surface area contributed by atoms with Gasteiger partial charge in [-0.1, -0.05) is 0 Å². The van der Waals surface area contributed by atoms with Gasteiger partial charge in [-0.3, -0.25) is 4.79 Å². The molecule has 1 amide bonds. The van der Waals surface area contributed by atoms with Crippen molar-refractivity contribution in [1.29, 1.82) is 0 Å². The summed E-state index contributed by atoms with van der Waals surface area (Å²) in [5.74, 6) is 0.408. The number of benzene rings is 2. The Bertz CT molecular complexity index is 982. The first kappa shape index (κ1) is 19.3. The predicted molar refractivity (Wildman–Crippen MR) is 94.4 cm³/mol. The maximum atomic E-state index is 12.6. The first-order valence-electron chi connectivity index (χ1n) is 7.98. The van der Waals surface area contributed by atoms with Gasteiger partial charge in [0.25, 0.3) is 5.91 Å². The Labute approximate surface area is 157 Å². The van der Waals surface area contributed by atoms with Gasteiger partial charge in [-0.05, 0) is 36.4 Å². The Morgan fingerprint density at radius 1 is 1.07 bits per heavy atom. The second-order valence-electron chi connectivity index (χ2n) is 5.63. The van der Waals surface area contributed by atoms with Gasteiger partial charge in [0, 0.05) is 11.6 Å². The van der Waals surface area contributed by atoms with Gasteiger partial charge in [0.05, 0.1) is 25.5 Å². The lowest BCUT2D eigenvalue weighted by Gasteiger charge is -2.10. The molecule has 146 valence electrons. The Balaban J connectivity index is 1.77. The monoisotopic (exact) mass is 392 g/mol. The molecule has 0 radical (unpaired) electrons. The summed E-state index contributed by atoms with van der Waals surface area (Å²) >= 11 is 0. The lowest BCUT2D eigenvalue weighted by molar-refractivity contribution is -0.137. The van der Waals surface area contributed by atoms with Crippen molar-refractivity contribution in [3.8, 4) is 23.0 Å². The Morgan fingerprint density at radius 3 is 2.39 bits per heavy atom. The van der Waals surface area contributed by atoms with Gasteiger partial charge in [-0.2, -0.15) is 13.2 Å². The van der Waals surface area contributed by atoms with E-state index in [9.17, 15) is 18.0 Å². The highest BCUT2D eigenvalue weighted by Gasteiger charge is 2.30. The second-order valence-corrected chi connectivity index (χ2v) is 5.63. The fourth-order valence-electron chi connectivity index (χ4n) is 2.40. The van der Waals surface area contributed by atoms with Crippen molar-refractivity contribution in [2.75, 3.05) is 19.5 Å². The highest BCUT2D eigenvalue weighted by molar-refractivity contribution is 6.03. The summed E-state index contributed by atoms with van der Waals surface area (Å²) in [5.41, 5.74) is -0.110. The zero-order valence-corrected chi connectivity index (χ0v) is 14.8. The van der Waals surface area contributed by atoms with E-state index in [4.69, 9.17) is 13.9 Å². The van der Waals surface area contributed by atoms with Crippen LogP contribution in [0.25, 0.3) is 11.5 Å². The second kappa shape index (κ2) is 7.63. The number of carbonyl (C=O) groups excluding carboxylic acids is 1. The minimum Gasteiger partial charge on any atom is -0.497 e. The van der Waals surface area contributed by atoms with Gasteiger partial charge in [0.15, 0.2) is 5.69 Å². The van der Waals surface area contributed by atoms with Crippen LogP contribution in [0, 0.1) is 0 Å². The molecule has 28 heavy (non-hydrogen) atoms. The van der Waals surface area contributed by atoms with Crippen molar-refractivity contribution in [1.82, 2.24) is 4.98 Å². The van der Waals surface area contributed by atoms with Crippen LogP contribution in [0.4, 0.5) is 18.9 Å². The number of hydrogen-bond acceptors (Lipinski definition) is 5. The number of amides is 1. The average molecular weight is 392 g/mol. The van der Waals surface area contributed by atoms with Crippen LogP contribution >= 0.6 is 0 Å². The summed E-state index contributed by atoms with van der Waals surface area (Å²) in [5, 5.41) is 2.63. The number of halogens is 3. The molecule has 0 aliphatic heterocycles. The maximum Gasteiger partial charge on any atom is 0.416 e. The molecule has 1 heterocycles. The van der Waals surface area contributed by atoms with Gasteiger partial charge in [-0.25, -0.2) is 4.98 Å². The summed E-state index contributed by atoms with van der Waals surface area (Å²) in [7, 11) is 2.95. The normalized spacial score (nSPS) is 11.2. The number of anilines is 1. The van der Waals surface area contributed by atoms with E-state index in [0.29, 0.717) is 22.7 Å². The molecule has 0 saturated carbocycles. The van der Waals surface area contributed by atoms with Crippen LogP contribution in [0.3, 0.4) is 0 Å². The van der Waals surface area contributed by atoms with Crippen molar-refractivity contribution in [2.24, 2.45) is 0 Å². The molecule has 0 atom stereocenters. The number of rotatable bonds is 5. The highest BCUT2D eigenvalue weighted by Crippen LogP contribution is 2.31. The smallest absolute Gasteiger partial charge is 0.416 e. The molecule has 0 aliphatic carbocycles. The number of alkyl halides is 3. The van der Waals surface area contributed by atoms with Crippen LogP contribution in [0.1, 0.15) is 16.1 Å². The zero-order chi connectivity index (χ0) is 20.3. The van der Waals surface area contributed by atoms with Crippen molar-refractivity contribution >= 4 is 11.6 Å². The van der Waals surface area contributed by atoms with Crippen LogP contribution in [0.15, 0.2) is 53.1 Å². The molecule has 0 unspecified atom stereocenters. The summed E-state index contributed by atoms with van der Waals surface area (Å²) in [6, 6.07) is 9.14. The summed E-state index contributed by atoms with van der Waals surface area (Å²) < 4.78 is 53.4. The number of oxazole rings is 1. The van der Waals surface area contributed by atoms with E-state index in [0.717, 1.165) is 18.4 Å². The van der Waals surface area contributed by atoms with E-state index in [1.54, 1.807) is 18.2 Å². The molecule has 0 fully saturated rings. The molecule has 0 saturated heterocycles. The predicted octanol–water partition coefficient (Wildman–Crippen LogP) is 4.63. The van der Waals surface area contributed by atoms with E-state index in [1.165, 1.54) is 26.4 Å². The largest absolute Gasteiger partial charge is 0.497 e. The quantitative estimate of drug-likeness (QED) is 0.685. The van der Waals surface area contributed by atoms with Gasteiger partial charge < -0.3 is 19.2 Å². The molecule has 0 bridgehead atoms. The number of carbonyl (C=O) groups is 1. The molecule has 0 aliphatic rings. The highest BCUT2D eigenvalue weighted by atomic mass is 19.4. The molecular formula is C19H15F3N2O4. The third-order valence-electron chi connectivity index (χ3n) is 3.85. The van der Waals surface area contributed by atoms with Crippen LogP contribution in [-0.2, 0) is 6.18 Å². The molecule has 2 aromatic carbocycles. The Morgan fingerprint density at radius 2 is 1.79 bits per heavy atom. The summed E-state index contributed by atoms with van der Waals surface area (Å²) in [4.78, 5) is 16.4. The topological polar surface area (TPSA) is 73.6 Å². The fourth-order valence-corrected chi connectivity index (χ4v) is 2.40. The third-order valence-corrected chi connectivity index (χ3v) is 3.85. The Kier molecular flexibility index (Phi) is 5.25. The van der Waals surface area contributed by atoms with E-state index < -0.39 is 17.6 Å². The number of aromatic nitrogens is 1. The van der Waals surface area contributed by atoms with Crippen LogP contribution in [-0.4, -0.2) is 25.1 Å². The standard InChI is InChI=1S/C19H15F3N2O4/c1-26-13-7-8-14(16(9-13)27-2)23-17(25)15-10-28-18(24-15)11-3-5-12(6-4-11)19(20,21)22/h3-10H,1-2H3,(H,23,25). The van der Waals surface area contributed by atoms with Gasteiger partial charge in [0.2, 0.25) is 5.89 Å². The number of methoxy groups -OCH3 is 2. The maximum absolute atomic E-state index is 12.6. The average Bonchev–Trinajstić information content (AvgIpc) is 3.18. The number of hydrogen-bond donors (Lipinski definition) is 1. The zero-order valence-electron chi connectivity index (χ0n) is 14.8. The van der Waals surface area contributed by atoms with Crippen LogP contribution in [0.5, 0.6) is 11.5 Å². The van der Waals surface area contributed by atoms with Gasteiger partial charge >= 0.3 is 6.18 Å². The Hall–Kier alpha value is -3.49. The summed E-state index contributed by atoms with van der Waals surface area (Å²) in [6.07, 6.45) is -3.31. The van der Waals surface area contributed by atoms with Crippen molar-refractivity contribution in [3.05, 3.63) is 60.0 Å². The van der Waals surface area contributed by atoms with Crippen molar-refractivity contribution < 1.29 is 31.9 Å². The van der Waals surface area contributed by atoms with E-state index in [2.05, 4.69) is 10.3 Å². The first-order chi connectivity index (χ1) is 13.3. The molecule has 3 aromatic rings. The molecule has 1 aromatic heterocycles. The van der Waals surface area contributed by atoms with Crippen LogP contribution < -0.4 is 14.8 Å². The molecule has 0 spiro atoms. The van der Waals surface area contributed by atoms with E-state index >= 15 is 0 Å². The number of nitrogens with one attached hydrogen (secondary N) is 1. The molecular weight excluding hydrogens is 377 g/mol. The van der Waals surface area contributed by atoms with Crippen molar-refractivity contribution in [2.45, 2.75) is 6.18 Å². The minimum atomic E-state index is -4.43. The van der Waals surface area contributed by atoms with E-state index in [1.807, 2.05) is 0 Å². The lowest BCUT2D eigenvalue weighted by Crippen LogP contribution is -2.13. The van der Waals surface area contributed by atoms with Crippen LogP contribution in [0.2, 0.25) is 0 Å². The van der Waals surface area contributed by atoms with Crippen molar-refractivity contribution in [3.63, 3.8) is 0 Å².